The van der Waals surface area contributed by atoms with Crippen LogP contribution in [0.1, 0.15) is 17.5 Å². The minimum Gasteiger partial charge on any atom is -0.469 e. The van der Waals surface area contributed by atoms with Crippen LogP contribution in [0.25, 0.3) is 0 Å². The molecule has 2 nitrogen and oxygen atoms in total. The molecule has 0 aliphatic rings. The van der Waals surface area contributed by atoms with Gasteiger partial charge in [-0.25, -0.2) is 0 Å². The van der Waals surface area contributed by atoms with Crippen LogP contribution in [-0.4, -0.2) is 13.1 Å². The lowest BCUT2D eigenvalue weighted by molar-refractivity contribution is -0.140. The van der Waals surface area contributed by atoms with Crippen LogP contribution in [0.15, 0.2) is 18.2 Å². The molecule has 0 heterocycles. The zero-order valence-electron chi connectivity index (χ0n) is 8.43. The molecule has 1 rings (SSSR count). The Morgan fingerprint density at radius 2 is 2.07 bits per heavy atom. The summed E-state index contributed by atoms with van der Waals surface area (Å²) in [6.45, 7) is 0. The van der Waals surface area contributed by atoms with Crippen molar-refractivity contribution in [2.75, 3.05) is 7.11 Å². The number of esters is 1. The molecule has 1 aromatic carbocycles. The molecule has 4 heteroatoms. The van der Waals surface area contributed by atoms with Crippen LogP contribution in [0.5, 0.6) is 0 Å². The Kier molecular flexibility index (Phi) is 5.88. The topological polar surface area (TPSA) is 26.3 Å². The molecule has 0 amide bonds. The first-order valence-corrected chi connectivity index (χ1v) is 7.18. The van der Waals surface area contributed by atoms with E-state index in [2.05, 4.69) is 62.1 Å². The third-order valence-electron chi connectivity index (χ3n) is 2.13. The maximum absolute atomic E-state index is 11.0. The zero-order valence-corrected chi connectivity index (χ0v) is 12.7. The lowest BCUT2D eigenvalue weighted by Gasteiger charge is -2.07. The summed E-state index contributed by atoms with van der Waals surface area (Å²) in [6, 6.07) is 6.24. The van der Waals surface area contributed by atoms with Gasteiger partial charge in [-0.3, -0.25) is 4.79 Å². The van der Waals surface area contributed by atoms with Crippen LogP contribution in [0, 0.1) is 3.57 Å². The van der Waals surface area contributed by atoms with E-state index in [0.717, 1.165) is 10.8 Å². The molecule has 0 spiro atoms. The van der Waals surface area contributed by atoms with Crippen molar-refractivity contribution >= 4 is 51.2 Å². The number of hydrogen-bond donors (Lipinski definition) is 0. The van der Waals surface area contributed by atoms with Gasteiger partial charge >= 0.3 is 5.97 Å². The molecule has 0 bridgehead atoms. The lowest BCUT2D eigenvalue weighted by atomic mass is 10.1. The molecule has 0 aromatic heterocycles. The van der Waals surface area contributed by atoms with Gasteiger partial charge in [0.25, 0.3) is 0 Å². The van der Waals surface area contributed by atoms with E-state index in [1.165, 1.54) is 21.8 Å². The van der Waals surface area contributed by atoms with E-state index in [-0.39, 0.29) is 5.97 Å². The Morgan fingerprint density at radius 1 is 1.40 bits per heavy atom. The highest BCUT2D eigenvalue weighted by Gasteiger charge is 2.07. The van der Waals surface area contributed by atoms with Gasteiger partial charge < -0.3 is 4.74 Å². The quantitative estimate of drug-likeness (QED) is 0.417. The highest BCUT2D eigenvalue weighted by atomic mass is 127. The Hall–Kier alpha value is 0.150. The molecule has 0 saturated carbocycles. The van der Waals surface area contributed by atoms with Crippen LogP contribution in [0.3, 0.4) is 0 Å². The number of hydrogen-bond acceptors (Lipinski definition) is 2. The number of benzene rings is 1. The average molecular weight is 430 g/mol. The highest BCUT2D eigenvalue weighted by Crippen LogP contribution is 2.21. The fourth-order valence-corrected chi connectivity index (χ4v) is 3.45. The Balaban J connectivity index is 2.73. The van der Waals surface area contributed by atoms with Crippen molar-refractivity contribution in [3.63, 3.8) is 0 Å². The van der Waals surface area contributed by atoms with E-state index in [4.69, 9.17) is 0 Å². The molecule has 0 unspecified atom stereocenters. The minimum atomic E-state index is -0.148. The summed E-state index contributed by atoms with van der Waals surface area (Å²) in [5, 5.41) is 0. The number of carbonyl (C=O) groups is 1. The predicted molar refractivity (Wildman–Crippen MR) is 77.2 cm³/mol. The van der Waals surface area contributed by atoms with Crippen LogP contribution < -0.4 is 0 Å². The summed E-state index contributed by atoms with van der Waals surface area (Å²) in [4.78, 5) is 11.0. The van der Waals surface area contributed by atoms with E-state index >= 15 is 0 Å². The summed E-state index contributed by atoms with van der Waals surface area (Å²) in [6.07, 6.45) is 1.21. The van der Waals surface area contributed by atoms with Gasteiger partial charge in [0.2, 0.25) is 0 Å². The number of carbonyl (C=O) groups excluding carboxylic acids is 1. The maximum atomic E-state index is 11.0. The second-order valence-electron chi connectivity index (χ2n) is 3.10. The minimum absolute atomic E-state index is 0.148. The summed E-state index contributed by atoms with van der Waals surface area (Å²) in [5.74, 6) is -0.148. The first-order valence-electron chi connectivity index (χ1n) is 4.58. The first-order chi connectivity index (χ1) is 7.19. The number of rotatable bonds is 4. The fraction of sp³-hybridized carbons (Fsp3) is 0.364. The predicted octanol–water partition coefficient (Wildman–Crippen LogP) is 3.33. The molecular weight excluding hydrogens is 418 g/mol. The third-order valence-corrected chi connectivity index (χ3v) is 4.34. The van der Waals surface area contributed by atoms with E-state index in [1.54, 1.807) is 0 Å². The second-order valence-corrected chi connectivity index (χ2v) is 4.94. The van der Waals surface area contributed by atoms with Crippen molar-refractivity contribution < 1.29 is 9.53 Å². The van der Waals surface area contributed by atoms with Gasteiger partial charge in [-0.05, 0) is 40.1 Å². The van der Waals surface area contributed by atoms with Crippen molar-refractivity contribution in [3.05, 3.63) is 32.9 Å². The standard InChI is InChI=1S/C11H12I2O2/c1-15-10(14)6-5-8-3-2-4-9(7-12)11(8)13/h2-4H,5-7H2,1H3. The molecule has 0 atom stereocenters. The number of halogens is 2. The van der Waals surface area contributed by atoms with Crippen LogP contribution >= 0.6 is 45.2 Å². The van der Waals surface area contributed by atoms with Crippen molar-refractivity contribution in [3.8, 4) is 0 Å². The largest absolute Gasteiger partial charge is 0.469 e. The summed E-state index contributed by atoms with van der Waals surface area (Å²) in [5.41, 5.74) is 2.56. The zero-order chi connectivity index (χ0) is 11.3. The number of aryl methyl sites for hydroxylation is 1. The van der Waals surface area contributed by atoms with E-state index in [0.29, 0.717) is 6.42 Å². The number of alkyl halides is 1. The smallest absolute Gasteiger partial charge is 0.305 e. The molecule has 0 saturated heterocycles. The van der Waals surface area contributed by atoms with Crippen LogP contribution in [0.2, 0.25) is 0 Å². The van der Waals surface area contributed by atoms with Gasteiger partial charge in [0, 0.05) is 14.4 Å². The molecule has 0 aliphatic carbocycles. The van der Waals surface area contributed by atoms with Gasteiger partial charge in [0.1, 0.15) is 0 Å². The molecule has 0 N–H and O–H groups in total. The van der Waals surface area contributed by atoms with Crippen molar-refractivity contribution in [2.45, 2.75) is 17.3 Å². The summed E-state index contributed by atoms with van der Waals surface area (Å²) >= 11 is 4.69. The monoisotopic (exact) mass is 430 g/mol. The van der Waals surface area contributed by atoms with Crippen molar-refractivity contribution in [1.82, 2.24) is 0 Å². The second kappa shape index (κ2) is 6.67. The summed E-state index contributed by atoms with van der Waals surface area (Å²) in [7, 11) is 1.43. The third kappa shape index (κ3) is 3.90. The fourth-order valence-electron chi connectivity index (χ4n) is 1.27. The van der Waals surface area contributed by atoms with Crippen LogP contribution in [-0.2, 0) is 20.4 Å². The van der Waals surface area contributed by atoms with E-state index in [9.17, 15) is 4.79 Å². The molecule has 82 valence electrons. The normalized spacial score (nSPS) is 10.1. The SMILES string of the molecule is COC(=O)CCc1cccc(CI)c1I. The van der Waals surface area contributed by atoms with E-state index < -0.39 is 0 Å². The number of methoxy groups -OCH3 is 1. The van der Waals surface area contributed by atoms with Gasteiger partial charge in [0.05, 0.1) is 7.11 Å². The molecular formula is C11H12I2O2. The van der Waals surface area contributed by atoms with Gasteiger partial charge in [-0.1, -0.05) is 40.8 Å². The Morgan fingerprint density at radius 3 is 2.67 bits per heavy atom. The van der Waals surface area contributed by atoms with Gasteiger partial charge in [-0.2, -0.15) is 0 Å². The Bertz CT molecular complexity index is 350. The van der Waals surface area contributed by atoms with Gasteiger partial charge in [0.15, 0.2) is 0 Å². The maximum Gasteiger partial charge on any atom is 0.305 e. The number of ether oxygens (including phenoxy) is 1. The molecule has 0 fully saturated rings. The van der Waals surface area contributed by atoms with Crippen LogP contribution in [0.4, 0.5) is 0 Å². The molecule has 0 radical (unpaired) electrons. The first kappa shape index (κ1) is 13.2. The molecule has 1 aromatic rings. The average Bonchev–Trinajstić information content (AvgIpc) is 2.27. The Labute approximate surface area is 117 Å². The molecule has 15 heavy (non-hydrogen) atoms. The summed E-state index contributed by atoms with van der Waals surface area (Å²) < 4.78 is 6.90. The van der Waals surface area contributed by atoms with Crippen molar-refractivity contribution in [1.29, 1.82) is 0 Å². The van der Waals surface area contributed by atoms with Gasteiger partial charge in [-0.15, -0.1) is 0 Å². The van der Waals surface area contributed by atoms with Crippen molar-refractivity contribution in [2.24, 2.45) is 0 Å². The lowest BCUT2D eigenvalue weighted by Crippen LogP contribution is -2.03. The molecule has 0 aliphatic heterocycles. The van der Waals surface area contributed by atoms with E-state index in [1.807, 2.05) is 6.07 Å². The highest BCUT2D eigenvalue weighted by molar-refractivity contribution is 14.1.